The second-order valence-electron chi connectivity index (χ2n) is 3.91. The fraction of sp³-hybridized carbons (Fsp3) is 0.133. The van der Waals surface area contributed by atoms with Gasteiger partial charge in [0.05, 0.1) is 6.61 Å². The van der Waals surface area contributed by atoms with Crippen LogP contribution in [-0.2, 0) is 0 Å². The summed E-state index contributed by atoms with van der Waals surface area (Å²) in [6.07, 6.45) is 0. The highest BCUT2D eigenvalue weighted by Gasteiger charge is 2.13. The fourth-order valence-electron chi connectivity index (χ4n) is 1.72. The van der Waals surface area contributed by atoms with E-state index in [9.17, 15) is 4.79 Å². The fourth-order valence-corrected chi connectivity index (χ4v) is 2.95. The minimum absolute atomic E-state index is 0.0269. The highest BCUT2D eigenvalue weighted by molar-refractivity contribution is 9.11. The summed E-state index contributed by atoms with van der Waals surface area (Å²) in [5.74, 6) is 0.683. The van der Waals surface area contributed by atoms with Crippen LogP contribution in [0.25, 0.3) is 0 Å². The summed E-state index contributed by atoms with van der Waals surface area (Å²) >= 11 is 6.78. The van der Waals surface area contributed by atoms with Gasteiger partial charge in [0.2, 0.25) is 0 Å². The molecule has 19 heavy (non-hydrogen) atoms. The predicted molar refractivity (Wildman–Crippen MR) is 82.9 cm³/mol. The van der Waals surface area contributed by atoms with Gasteiger partial charge in [0.25, 0.3) is 0 Å². The van der Waals surface area contributed by atoms with E-state index < -0.39 is 0 Å². The van der Waals surface area contributed by atoms with Gasteiger partial charge < -0.3 is 4.74 Å². The smallest absolute Gasteiger partial charge is 0.194 e. The number of halogens is 2. The van der Waals surface area contributed by atoms with Crippen molar-refractivity contribution < 1.29 is 9.53 Å². The SMILES string of the molecule is CCOc1cccc(C(=O)c2ccc(Br)cc2Br)c1. The molecule has 2 aromatic carbocycles. The Balaban J connectivity index is 2.35. The summed E-state index contributed by atoms with van der Waals surface area (Å²) in [5, 5.41) is 0. The highest BCUT2D eigenvalue weighted by atomic mass is 79.9. The third-order valence-electron chi connectivity index (χ3n) is 2.58. The van der Waals surface area contributed by atoms with Crippen molar-refractivity contribution in [1.82, 2.24) is 0 Å². The van der Waals surface area contributed by atoms with Crippen LogP contribution in [0.5, 0.6) is 5.75 Å². The second-order valence-corrected chi connectivity index (χ2v) is 5.68. The van der Waals surface area contributed by atoms with Gasteiger partial charge >= 0.3 is 0 Å². The lowest BCUT2D eigenvalue weighted by molar-refractivity contribution is 0.103. The number of carbonyl (C=O) groups is 1. The van der Waals surface area contributed by atoms with E-state index in [2.05, 4.69) is 31.9 Å². The summed E-state index contributed by atoms with van der Waals surface area (Å²) in [4.78, 5) is 12.4. The van der Waals surface area contributed by atoms with Crippen molar-refractivity contribution in [1.29, 1.82) is 0 Å². The van der Waals surface area contributed by atoms with Gasteiger partial charge in [-0.25, -0.2) is 0 Å². The maximum Gasteiger partial charge on any atom is 0.194 e. The Morgan fingerprint density at radius 3 is 2.63 bits per heavy atom. The molecule has 0 amide bonds. The van der Waals surface area contributed by atoms with E-state index in [1.165, 1.54) is 0 Å². The molecule has 0 aromatic heterocycles. The van der Waals surface area contributed by atoms with E-state index >= 15 is 0 Å². The van der Waals surface area contributed by atoms with Crippen molar-refractivity contribution in [2.75, 3.05) is 6.61 Å². The van der Waals surface area contributed by atoms with Gasteiger partial charge in [0, 0.05) is 20.1 Å². The molecule has 0 N–H and O–H groups in total. The van der Waals surface area contributed by atoms with E-state index in [1.807, 2.05) is 31.2 Å². The number of ketones is 1. The first-order chi connectivity index (χ1) is 9.11. The third-order valence-corrected chi connectivity index (χ3v) is 3.73. The van der Waals surface area contributed by atoms with Crippen molar-refractivity contribution >= 4 is 37.6 Å². The highest BCUT2D eigenvalue weighted by Crippen LogP contribution is 2.25. The standard InChI is InChI=1S/C15H12Br2O2/c1-2-19-12-5-3-4-10(8-12)15(18)13-7-6-11(16)9-14(13)17/h3-9H,2H2,1H3. The van der Waals surface area contributed by atoms with Crippen LogP contribution in [0.3, 0.4) is 0 Å². The van der Waals surface area contributed by atoms with E-state index in [1.54, 1.807) is 18.2 Å². The molecule has 98 valence electrons. The first kappa shape index (κ1) is 14.3. The molecule has 0 aliphatic rings. The topological polar surface area (TPSA) is 26.3 Å². The number of rotatable bonds is 4. The van der Waals surface area contributed by atoms with Gasteiger partial charge in [-0.05, 0) is 53.2 Å². The Kier molecular flexibility index (Phi) is 4.77. The van der Waals surface area contributed by atoms with E-state index in [0.717, 1.165) is 8.95 Å². The summed E-state index contributed by atoms with van der Waals surface area (Å²) in [7, 11) is 0. The third kappa shape index (κ3) is 3.45. The average Bonchev–Trinajstić information content (AvgIpc) is 2.39. The van der Waals surface area contributed by atoms with Crippen LogP contribution >= 0.6 is 31.9 Å². The van der Waals surface area contributed by atoms with Crippen LogP contribution in [0.4, 0.5) is 0 Å². The zero-order valence-corrected chi connectivity index (χ0v) is 13.5. The largest absolute Gasteiger partial charge is 0.494 e. The van der Waals surface area contributed by atoms with Crippen molar-refractivity contribution in [3.8, 4) is 5.75 Å². The first-order valence-corrected chi connectivity index (χ1v) is 7.43. The van der Waals surface area contributed by atoms with E-state index in [-0.39, 0.29) is 5.78 Å². The second kappa shape index (κ2) is 6.35. The molecule has 0 aliphatic carbocycles. The molecule has 2 nitrogen and oxygen atoms in total. The quantitative estimate of drug-likeness (QED) is 0.706. The van der Waals surface area contributed by atoms with Crippen molar-refractivity contribution in [2.45, 2.75) is 6.92 Å². The van der Waals surface area contributed by atoms with Gasteiger partial charge in [-0.15, -0.1) is 0 Å². The molecule has 0 fully saturated rings. The van der Waals surface area contributed by atoms with Crippen LogP contribution in [0.1, 0.15) is 22.8 Å². The van der Waals surface area contributed by atoms with Crippen LogP contribution in [0.2, 0.25) is 0 Å². The van der Waals surface area contributed by atoms with Crippen molar-refractivity contribution in [3.05, 3.63) is 62.5 Å². The molecule has 0 saturated carbocycles. The van der Waals surface area contributed by atoms with E-state index in [4.69, 9.17) is 4.74 Å². The molecule has 0 atom stereocenters. The summed E-state index contributed by atoms with van der Waals surface area (Å²) in [6.45, 7) is 2.50. The Morgan fingerprint density at radius 1 is 1.16 bits per heavy atom. The maximum absolute atomic E-state index is 12.4. The number of carbonyl (C=O) groups excluding carboxylic acids is 1. The zero-order chi connectivity index (χ0) is 13.8. The molecule has 0 unspecified atom stereocenters. The monoisotopic (exact) mass is 382 g/mol. The minimum atomic E-state index is -0.0269. The van der Waals surface area contributed by atoms with Gasteiger partial charge in [-0.3, -0.25) is 4.79 Å². The van der Waals surface area contributed by atoms with Crippen LogP contribution in [0.15, 0.2) is 51.4 Å². The van der Waals surface area contributed by atoms with Crippen LogP contribution < -0.4 is 4.74 Å². The molecule has 2 rings (SSSR count). The maximum atomic E-state index is 12.4. The Hall–Kier alpha value is -1.13. The normalized spacial score (nSPS) is 10.3. The minimum Gasteiger partial charge on any atom is -0.494 e. The summed E-state index contributed by atoms with van der Waals surface area (Å²) in [5.41, 5.74) is 1.26. The molecule has 0 spiro atoms. The Bertz CT molecular complexity index is 609. The molecule has 2 aromatic rings. The summed E-state index contributed by atoms with van der Waals surface area (Å²) in [6, 6.07) is 12.7. The predicted octanol–water partition coefficient (Wildman–Crippen LogP) is 4.84. The molecule has 0 bridgehead atoms. The Labute approximate surface area is 129 Å². The van der Waals surface area contributed by atoms with Gasteiger partial charge in [0.1, 0.15) is 5.75 Å². The Morgan fingerprint density at radius 2 is 1.95 bits per heavy atom. The summed E-state index contributed by atoms with van der Waals surface area (Å²) < 4.78 is 7.11. The lowest BCUT2D eigenvalue weighted by atomic mass is 10.0. The van der Waals surface area contributed by atoms with Crippen molar-refractivity contribution in [3.63, 3.8) is 0 Å². The van der Waals surface area contributed by atoms with Crippen LogP contribution in [-0.4, -0.2) is 12.4 Å². The van der Waals surface area contributed by atoms with Gasteiger partial charge in [-0.1, -0.05) is 28.1 Å². The lowest BCUT2D eigenvalue weighted by Gasteiger charge is -2.07. The molecule has 0 saturated heterocycles. The average molecular weight is 384 g/mol. The molecule has 0 heterocycles. The number of hydrogen-bond donors (Lipinski definition) is 0. The number of ether oxygens (including phenoxy) is 1. The molecular weight excluding hydrogens is 372 g/mol. The molecule has 0 radical (unpaired) electrons. The van der Waals surface area contributed by atoms with Crippen LogP contribution in [0, 0.1) is 0 Å². The van der Waals surface area contributed by atoms with Gasteiger partial charge in [-0.2, -0.15) is 0 Å². The van der Waals surface area contributed by atoms with Gasteiger partial charge in [0.15, 0.2) is 5.78 Å². The number of benzene rings is 2. The van der Waals surface area contributed by atoms with Crippen molar-refractivity contribution in [2.24, 2.45) is 0 Å². The molecular formula is C15H12Br2O2. The first-order valence-electron chi connectivity index (χ1n) is 5.84. The van der Waals surface area contributed by atoms with E-state index in [0.29, 0.717) is 23.5 Å². The zero-order valence-electron chi connectivity index (χ0n) is 10.3. The lowest BCUT2D eigenvalue weighted by Crippen LogP contribution is -2.03. The molecule has 4 heteroatoms. The molecule has 0 aliphatic heterocycles. The number of hydrogen-bond acceptors (Lipinski definition) is 2.